The fraction of sp³-hybridized carbons (Fsp3) is 0.611. The molecule has 0 amide bonds. The maximum Gasteiger partial charge on any atom is 0.325 e. The summed E-state index contributed by atoms with van der Waals surface area (Å²) in [7, 11) is 0. The number of hydrogen-bond acceptors (Lipinski definition) is 3. The first kappa shape index (κ1) is 17.6. The quantitative estimate of drug-likeness (QED) is 0.890. The maximum atomic E-state index is 13.3. The lowest BCUT2D eigenvalue weighted by Crippen LogP contribution is -2.45. The van der Waals surface area contributed by atoms with Gasteiger partial charge in [-0.15, -0.1) is 0 Å². The van der Waals surface area contributed by atoms with E-state index in [-0.39, 0.29) is 11.1 Å². The summed E-state index contributed by atoms with van der Waals surface area (Å²) in [5.41, 5.74) is 0.454. The third-order valence-electron chi connectivity index (χ3n) is 5.09. The van der Waals surface area contributed by atoms with Gasteiger partial charge in [0, 0.05) is 18.2 Å². The topological polar surface area (TPSA) is 49.8 Å². The van der Waals surface area contributed by atoms with Gasteiger partial charge in [0.25, 0.3) is 0 Å². The van der Waals surface area contributed by atoms with Gasteiger partial charge in [0.2, 0.25) is 0 Å². The van der Waals surface area contributed by atoms with Gasteiger partial charge in [-0.1, -0.05) is 17.7 Å². The number of aliphatic carboxylic acids is 1. The summed E-state index contributed by atoms with van der Waals surface area (Å²) in [5.74, 6) is -1.06. The Morgan fingerprint density at radius 3 is 2.83 bits per heavy atom. The van der Waals surface area contributed by atoms with Crippen molar-refractivity contribution in [3.63, 3.8) is 0 Å². The Bertz CT molecular complexity index is 592. The van der Waals surface area contributed by atoms with Crippen LogP contribution in [0.15, 0.2) is 18.2 Å². The Morgan fingerprint density at radius 1 is 1.33 bits per heavy atom. The molecule has 1 N–H and O–H groups in total. The SMILES string of the molecule is O=C(O)C(c1ccc(F)cc1Cl)N1CCCC(C2CCCCO2)C1. The fourth-order valence-corrected chi connectivity index (χ4v) is 4.20. The number of carboxylic acid groups (broad SMARTS) is 1. The summed E-state index contributed by atoms with van der Waals surface area (Å²) >= 11 is 6.12. The lowest BCUT2D eigenvalue weighted by Gasteiger charge is -2.40. The van der Waals surface area contributed by atoms with E-state index in [1.54, 1.807) is 0 Å². The van der Waals surface area contributed by atoms with Crippen LogP contribution in [0.1, 0.15) is 43.7 Å². The molecule has 0 bridgehead atoms. The second-order valence-electron chi connectivity index (χ2n) is 6.71. The third-order valence-corrected chi connectivity index (χ3v) is 5.41. The molecule has 2 saturated heterocycles. The highest BCUT2D eigenvalue weighted by molar-refractivity contribution is 6.31. The molecule has 3 rings (SSSR count). The second-order valence-corrected chi connectivity index (χ2v) is 7.12. The minimum absolute atomic E-state index is 0.165. The molecule has 24 heavy (non-hydrogen) atoms. The van der Waals surface area contributed by atoms with Crippen molar-refractivity contribution in [2.45, 2.75) is 44.2 Å². The van der Waals surface area contributed by atoms with Gasteiger partial charge >= 0.3 is 5.97 Å². The van der Waals surface area contributed by atoms with Gasteiger partial charge in [-0.25, -0.2) is 4.39 Å². The summed E-state index contributed by atoms with van der Waals surface area (Å²) in [4.78, 5) is 13.8. The highest BCUT2D eigenvalue weighted by Gasteiger charge is 2.36. The normalized spacial score (nSPS) is 26.9. The van der Waals surface area contributed by atoms with Crippen molar-refractivity contribution < 1.29 is 19.0 Å². The van der Waals surface area contributed by atoms with Crippen LogP contribution < -0.4 is 0 Å². The van der Waals surface area contributed by atoms with E-state index in [0.717, 1.165) is 32.3 Å². The van der Waals surface area contributed by atoms with E-state index < -0.39 is 17.8 Å². The number of carboxylic acids is 1. The van der Waals surface area contributed by atoms with E-state index in [4.69, 9.17) is 16.3 Å². The van der Waals surface area contributed by atoms with Crippen LogP contribution in [-0.2, 0) is 9.53 Å². The van der Waals surface area contributed by atoms with Gasteiger partial charge < -0.3 is 9.84 Å². The molecule has 0 aromatic heterocycles. The molecule has 2 aliphatic rings. The largest absolute Gasteiger partial charge is 0.480 e. The zero-order valence-corrected chi connectivity index (χ0v) is 14.3. The van der Waals surface area contributed by atoms with Crippen molar-refractivity contribution >= 4 is 17.6 Å². The van der Waals surface area contributed by atoms with Crippen LogP contribution in [0.5, 0.6) is 0 Å². The van der Waals surface area contributed by atoms with Crippen molar-refractivity contribution in [1.82, 2.24) is 4.90 Å². The monoisotopic (exact) mass is 355 g/mol. The molecular formula is C18H23ClFNO3. The first-order chi connectivity index (χ1) is 11.6. The highest BCUT2D eigenvalue weighted by Crippen LogP contribution is 2.34. The number of rotatable bonds is 4. The van der Waals surface area contributed by atoms with E-state index in [1.807, 2.05) is 4.90 Å². The van der Waals surface area contributed by atoms with Crippen molar-refractivity contribution in [2.24, 2.45) is 5.92 Å². The van der Waals surface area contributed by atoms with Crippen LogP contribution >= 0.6 is 11.6 Å². The summed E-state index contributed by atoms with van der Waals surface area (Å²) in [6.45, 7) is 2.18. The summed E-state index contributed by atoms with van der Waals surface area (Å²) in [5, 5.41) is 9.91. The zero-order chi connectivity index (χ0) is 17.1. The van der Waals surface area contributed by atoms with Crippen LogP contribution in [0.2, 0.25) is 5.02 Å². The molecule has 3 unspecified atom stereocenters. The standard InChI is InChI=1S/C18H23ClFNO3/c19-15-10-13(20)6-7-14(15)17(18(22)23)21-8-3-4-12(11-21)16-5-1-2-9-24-16/h6-7,10,12,16-17H,1-5,8-9,11H2,(H,22,23). The molecule has 132 valence electrons. The molecular weight excluding hydrogens is 333 g/mol. The van der Waals surface area contributed by atoms with Crippen LogP contribution in [0.25, 0.3) is 0 Å². The minimum Gasteiger partial charge on any atom is -0.480 e. The van der Waals surface area contributed by atoms with Gasteiger partial charge in [0.1, 0.15) is 11.9 Å². The van der Waals surface area contributed by atoms with Crippen molar-refractivity contribution in [3.05, 3.63) is 34.6 Å². The molecule has 0 radical (unpaired) electrons. The predicted molar refractivity (Wildman–Crippen MR) is 89.7 cm³/mol. The number of hydrogen-bond donors (Lipinski definition) is 1. The lowest BCUT2D eigenvalue weighted by atomic mass is 9.87. The number of nitrogens with zero attached hydrogens (tertiary/aromatic N) is 1. The smallest absolute Gasteiger partial charge is 0.325 e. The Balaban J connectivity index is 1.79. The van der Waals surface area contributed by atoms with Crippen molar-refractivity contribution in [1.29, 1.82) is 0 Å². The first-order valence-corrected chi connectivity index (χ1v) is 8.97. The molecule has 1 aromatic rings. The minimum atomic E-state index is -0.950. The van der Waals surface area contributed by atoms with Crippen LogP contribution in [0, 0.1) is 11.7 Å². The molecule has 6 heteroatoms. The number of likely N-dealkylation sites (tertiary alicyclic amines) is 1. The molecule has 4 nitrogen and oxygen atoms in total. The van der Waals surface area contributed by atoms with E-state index in [9.17, 15) is 14.3 Å². The Morgan fingerprint density at radius 2 is 2.17 bits per heavy atom. The van der Waals surface area contributed by atoms with Crippen molar-refractivity contribution in [2.75, 3.05) is 19.7 Å². The van der Waals surface area contributed by atoms with Crippen molar-refractivity contribution in [3.8, 4) is 0 Å². The lowest BCUT2D eigenvalue weighted by molar-refractivity contribution is -0.145. The van der Waals surface area contributed by atoms with Gasteiger partial charge in [0.05, 0.1) is 6.10 Å². The average molecular weight is 356 g/mol. The molecule has 2 fully saturated rings. The predicted octanol–water partition coefficient (Wildman–Crippen LogP) is 3.89. The fourth-order valence-electron chi connectivity index (χ4n) is 3.92. The molecule has 0 spiro atoms. The molecule has 2 heterocycles. The summed E-state index contributed by atoms with van der Waals surface area (Å²) in [6, 6.07) is 3.09. The first-order valence-electron chi connectivity index (χ1n) is 8.59. The van der Waals surface area contributed by atoms with E-state index in [0.29, 0.717) is 24.6 Å². The van der Waals surface area contributed by atoms with Gasteiger partial charge in [0.15, 0.2) is 0 Å². The van der Waals surface area contributed by atoms with Gasteiger partial charge in [-0.05, 0) is 62.3 Å². The Hall–Kier alpha value is -1.17. The van der Waals surface area contributed by atoms with Gasteiger partial charge in [-0.3, -0.25) is 9.69 Å². The third kappa shape index (κ3) is 3.90. The summed E-state index contributed by atoms with van der Waals surface area (Å²) < 4.78 is 19.2. The van der Waals surface area contributed by atoms with Crippen LogP contribution in [-0.4, -0.2) is 41.8 Å². The average Bonchev–Trinajstić information content (AvgIpc) is 2.58. The van der Waals surface area contributed by atoms with Gasteiger partial charge in [-0.2, -0.15) is 0 Å². The number of piperidine rings is 1. The molecule has 2 aliphatic heterocycles. The van der Waals surface area contributed by atoms with E-state index in [2.05, 4.69) is 0 Å². The molecule has 0 saturated carbocycles. The number of carbonyl (C=O) groups is 1. The maximum absolute atomic E-state index is 13.3. The Labute approximate surface area is 146 Å². The van der Waals surface area contributed by atoms with Crippen LogP contribution in [0.3, 0.4) is 0 Å². The van der Waals surface area contributed by atoms with E-state index >= 15 is 0 Å². The molecule has 0 aliphatic carbocycles. The summed E-state index contributed by atoms with van der Waals surface area (Å²) in [6.07, 6.45) is 5.55. The second kappa shape index (κ2) is 7.81. The zero-order valence-electron chi connectivity index (χ0n) is 13.6. The highest BCUT2D eigenvalue weighted by atomic mass is 35.5. The number of ether oxygens (including phenoxy) is 1. The number of benzene rings is 1. The Kier molecular flexibility index (Phi) is 5.74. The van der Waals surface area contributed by atoms with Crippen LogP contribution in [0.4, 0.5) is 4.39 Å². The molecule has 3 atom stereocenters. The molecule has 1 aromatic carbocycles. The number of halogens is 2. The van der Waals surface area contributed by atoms with E-state index in [1.165, 1.54) is 24.6 Å².